The Hall–Kier alpha value is -2.05. The molecule has 7 nitrogen and oxygen atoms in total. The average molecular weight is 254 g/mol. The van der Waals surface area contributed by atoms with Crippen molar-refractivity contribution in [3.8, 4) is 0 Å². The fraction of sp³-hybridized carbons (Fsp3) is 0.545. The van der Waals surface area contributed by atoms with Gasteiger partial charge in [0, 0.05) is 26.7 Å². The zero-order valence-corrected chi connectivity index (χ0v) is 10.6. The van der Waals surface area contributed by atoms with E-state index in [0.29, 0.717) is 18.5 Å². The van der Waals surface area contributed by atoms with Crippen molar-refractivity contribution < 1.29 is 14.3 Å². The van der Waals surface area contributed by atoms with Crippen molar-refractivity contribution in [1.29, 1.82) is 0 Å². The zero-order valence-electron chi connectivity index (χ0n) is 10.6. The first-order valence-electron chi connectivity index (χ1n) is 5.62. The van der Waals surface area contributed by atoms with Crippen molar-refractivity contribution in [2.75, 3.05) is 26.4 Å². The van der Waals surface area contributed by atoms with E-state index in [9.17, 15) is 9.59 Å². The number of carbonyl (C=O) groups is 2. The molecule has 0 saturated carbocycles. The van der Waals surface area contributed by atoms with Gasteiger partial charge in [0.05, 0.1) is 18.5 Å². The zero-order chi connectivity index (χ0) is 13.5. The summed E-state index contributed by atoms with van der Waals surface area (Å²) in [4.78, 5) is 24.1. The van der Waals surface area contributed by atoms with Crippen LogP contribution in [0.3, 0.4) is 0 Å². The summed E-state index contributed by atoms with van der Waals surface area (Å²) in [6, 6.07) is 0. The van der Waals surface area contributed by atoms with E-state index in [4.69, 9.17) is 10.5 Å². The highest BCUT2D eigenvalue weighted by molar-refractivity contribution is 5.75. The normalized spacial score (nSPS) is 10.1. The minimum absolute atomic E-state index is 0.0194. The lowest BCUT2D eigenvalue weighted by molar-refractivity contribution is -0.145. The Balaban J connectivity index is 2.16. The molecular weight excluding hydrogens is 236 g/mol. The SMILES string of the molecule is CN(C)C(=O)CCCOC(=O)Cn1cc(N)cn1. The Labute approximate surface area is 105 Å². The molecule has 0 unspecified atom stereocenters. The highest BCUT2D eigenvalue weighted by Gasteiger charge is 2.07. The lowest BCUT2D eigenvalue weighted by atomic mass is 10.3. The first-order valence-corrected chi connectivity index (χ1v) is 5.62. The third-order valence-electron chi connectivity index (χ3n) is 2.24. The van der Waals surface area contributed by atoms with Gasteiger partial charge < -0.3 is 15.4 Å². The van der Waals surface area contributed by atoms with Gasteiger partial charge in [-0.05, 0) is 6.42 Å². The predicted octanol–water partition coefficient (Wildman–Crippen LogP) is -0.123. The van der Waals surface area contributed by atoms with E-state index >= 15 is 0 Å². The van der Waals surface area contributed by atoms with E-state index in [1.165, 1.54) is 15.8 Å². The number of ether oxygens (including phenoxy) is 1. The molecule has 0 aliphatic heterocycles. The van der Waals surface area contributed by atoms with Gasteiger partial charge in [0.2, 0.25) is 5.91 Å². The van der Waals surface area contributed by atoms with Crippen LogP contribution in [0, 0.1) is 0 Å². The van der Waals surface area contributed by atoms with E-state index in [1.807, 2.05) is 0 Å². The molecule has 0 aliphatic rings. The second-order valence-electron chi connectivity index (χ2n) is 4.08. The van der Waals surface area contributed by atoms with Crippen LogP contribution in [0.15, 0.2) is 12.4 Å². The lowest BCUT2D eigenvalue weighted by Crippen LogP contribution is -2.22. The molecule has 2 N–H and O–H groups in total. The maximum absolute atomic E-state index is 11.4. The molecule has 1 amide bonds. The number of nitrogens with two attached hydrogens (primary N) is 1. The van der Waals surface area contributed by atoms with Gasteiger partial charge >= 0.3 is 5.97 Å². The average Bonchev–Trinajstić information content (AvgIpc) is 2.69. The fourth-order valence-electron chi connectivity index (χ4n) is 1.28. The fourth-order valence-corrected chi connectivity index (χ4v) is 1.28. The maximum Gasteiger partial charge on any atom is 0.327 e. The van der Waals surface area contributed by atoms with Crippen molar-refractivity contribution in [1.82, 2.24) is 14.7 Å². The number of esters is 1. The number of hydrogen-bond acceptors (Lipinski definition) is 5. The molecule has 0 radical (unpaired) electrons. The molecule has 1 heterocycles. The molecular formula is C11H18N4O3. The molecule has 0 fully saturated rings. The number of nitrogens with zero attached hydrogens (tertiary/aromatic N) is 3. The summed E-state index contributed by atoms with van der Waals surface area (Å²) in [7, 11) is 3.38. The Morgan fingerprint density at radius 3 is 2.78 bits per heavy atom. The summed E-state index contributed by atoms with van der Waals surface area (Å²) in [5, 5.41) is 3.87. The van der Waals surface area contributed by atoms with Crippen LogP contribution < -0.4 is 5.73 Å². The Kier molecular flexibility index (Phi) is 5.16. The number of aromatic nitrogens is 2. The minimum Gasteiger partial charge on any atom is -0.464 e. The van der Waals surface area contributed by atoms with Crippen molar-refractivity contribution >= 4 is 17.6 Å². The summed E-state index contributed by atoms with van der Waals surface area (Å²) in [6.45, 7) is 0.258. The van der Waals surface area contributed by atoms with Gasteiger partial charge in [-0.2, -0.15) is 5.10 Å². The van der Waals surface area contributed by atoms with Crippen LogP contribution in [0.2, 0.25) is 0 Å². The highest BCUT2D eigenvalue weighted by atomic mass is 16.5. The third kappa shape index (κ3) is 4.86. The summed E-state index contributed by atoms with van der Waals surface area (Å²) in [5.74, 6) is -0.374. The number of hydrogen-bond donors (Lipinski definition) is 1. The molecule has 0 atom stereocenters. The van der Waals surface area contributed by atoms with Crippen LogP contribution >= 0.6 is 0 Å². The van der Waals surface area contributed by atoms with Crippen LogP contribution in [0.25, 0.3) is 0 Å². The number of rotatable bonds is 6. The van der Waals surface area contributed by atoms with Crippen LogP contribution in [-0.2, 0) is 20.9 Å². The van der Waals surface area contributed by atoms with Crippen molar-refractivity contribution in [3.05, 3.63) is 12.4 Å². The van der Waals surface area contributed by atoms with Crippen molar-refractivity contribution in [2.24, 2.45) is 0 Å². The van der Waals surface area contributed by atoms with Gasteiger partial charge in [-0.25, -0.2) is 0 Å². The largest absolute Gasteiger partial charge is 0.464 e. The van der Waals surface area contributed by atoms with Gasteiger partial charge in [0.25, 0.3) is 0 Å². The summed E-state index contributed by atoms with van der Waals surface area (Å²) in [5.41, 5.74) is 5.96. The first kappa shape index (κ1) is 14.0. The second-order valence-corrected chi connectivity index (χ2v) is 4.08. The molecule has 1 aromatic rings. The smallest absolute Gasteiger partial charge is 0.327 e. The molecule has 0 aromatic carbocycles. The summed E-state index contributed by atoms with van der Waals surface area (Å²) >= 11 is 0. The van der Waals surface area contributed by atoms with E-state index in [1.54, 1.807) is 20.3 Å². The molecule has 18 heavy (non-hydrogen) atoms. The lowest BCUT2D eigenvalue weighted by Gasteiger charge is -2.09. The second kappa shape index (κ2) is 6.63. The van der Waals surface area contributed by atoms with E-state index < -0.39 is 5.97 Å². The highest BCUT2D eigenvalue weighted by Crippen LogP contribution is 1.99. The van der Waals surface area contributed by atoms with Crippen LogP contribution in [0.4, 0.5) is 5.69 Å². The van der Waals surface area contributed by atoms with Gasteiger partial charge in [-0.3, -0.25) is 14.3 Å². The molecule has 0 aliphatic carbocycles. The monoisotopic (exact) mass is 254 g/mol. The Bertz CT molecular complexity index is 414. The third-order valence-corrected chi connectivity index (χ3v) is 2.24. The van der Waals surface area contributed by atoms with Crippen molar-refractivity contribution in [2.45, 2.75) is 19.4 Å². The van der Waals surface area contributed by atoms with Crippen molar-refractivity contribution in [3.63, 3.8) is 0 Å². The predicted molar refractivity (Wildman–Crippen MR) is 65.5 cm³/mol. The minimum atomic E-state index is -0.393. The Morgan fingerprint density at radius 1 is 1.50 bits per heavy atom. The molecule has 0 bridgehead atoms. The van der Waals surface area contributed by atoms with Crippen LogP contribution in [0.1, 0.15) is 12.8 Å². The van der Waals surface area contributed by atoms with E-state index in [-0.39, 0.29) is 19.1 Å². The van der Waals surface area contributed by atoms with Gasteiger partial charge in [0.15, 0.2) is 0 Å². The molecule has 100 valence electrons. The van der Waals surface area contributed by atoms with Crippen LogP contribution in [0.5, 0.6) is 0 Å². The van der Waals surface area contributed by atoms with Gasteiger partial charge in [0.1, 0.15) is 6.54 Å². The maximum atomic E-state index is 11.4. The summed E-state index contributed by atoms with van der Waals surface area (Å²) < 4.78 is 6.38. The standard InChI is InChI=1S/C11H18N4O3/c1-14(2)10(16)4-3-5-18-11(17)8-15-7-9(12)6-13-15/h6-7H,3-5,8,12H2,1-2H3. The number of amides is 1. The number of anilines is 1. The Morgan fingerprint density at radius 2 is 2.22 bits per heavy atom. The van der Waals surface area contributed by atoms with E-state index in [2.05, 4.69) is 5.10 Å². The quantitative estimate of drug-likeness (QED) is 0.564. The van der Waals surface area contributed by atoms with Gasteiger partial charge in [-0.1, -0.05) is 0 Å². The molecule has 0 spiro atoms. The first-order chi connectivity index (χ1) is 8.49. The molecule has 0 saturated heterocycles. The molecule has 7 heteroatoms. The topological polar surface area (TPSA) is 90.5 Å². The van der Waals surface area contributed by atoms with Crippen LogP contribution in [-0.4, -0.2) is 47.3 Å². The number of carbonyl (C=O) groups excluding carboxylic acids is 2. The van der Waals surface area contributed by atoms with Gasteiger partial charge in [-0.15, -0.1) is 0 Å². The van der Waals surface area contributed by atoms with E-state index in [0.717, 1.165) is 0 Å². The molecule has 1 rings (SSSR count). The number of nitrogen functional groups attached to an aromatic ring is 1. The summed E-state index contributed by atoms with van der Waals surface area (Å²) in [6.07, 6.45) is 3.90. The molecule has 1 aromatic heterocycles.